The van der Waals surface area contributed by atoms with Gasteiger partial charge in [-0.1, -0.05) is 13.8 Å². The Morgan fingerprint density at radius 1 is 1.07 bits per heavy atom. The number of carbonyl (C=O) groups is 2. The first kappa shape index (κ1) is 21.3. The molecule has 152 valence electrons. The highest BCUT2D eigenvalue weighted by molar-refractivity contribution is 5.94. The number of benzene rings is 1. The predicted octanol–water partition coefficient (Wildman–Crippen LogP) is 3.21. The molecule has 1 atom stereocenters. The van der Waals surface area contributed by atoms with Crippen molar-refractivity contribution in [2.75, 3.05) is 21.3 Å². The van der Waals surface area contributed by atoms with Crippen LogP contribution in [0.1, 0.15) is 42.1 Å². The van der Waals surface area contributed by atoms with Crippen LogP contribution in [0.15, 0.2) is 34.7 Å². The van der Waals surface area contributed by atoms with Crippen molar-refractivity contribution in [2.24, 2.45) is 5.92 Å². The number of hydrogen-bond acceptors (Lipinski definition) is 6. The van der Waals surface area contributed by atoms with Crippen LogP contribution in [-0.2, 0) is 16.0 Å². The molecular formula is C21H27NO6. The summed E-state index contributed by atoms with van der Waals surface area (Å²) in [6, 6.07) is 8.08. The van der Waals surface area contributed by atoms with Crippen molar-refractivity contribution < 1.29 is 28.2 Å². The molecule has 7 nitrogen and oxygen atoms in total. The standard InChI is InChI=1S/C21H27NO6/c1-13(2)10-17(21(24)27-5)22-20(23)19-9-7-16(28-19)12-14-11-15(25-3)6-8-18(14)26-4/h6-9,11,13,17H,10,12H2,1-5H3,(H,22,23). The maximum Gasteiger partial charge on any atom is 0.328 e. The lowest BCUT2D eigenvalue weighted by molar-refractivity contribution is -0.143. The van der Waals surface area contributed by atoms with Crippen molar-refractivity contribution in [3.63, 3.8) is 0 Å². The molecule has 0 saturated carbocycles. The number of methoxy groups -OCH3 is 3. The Morgan fingerprint density at radius 2 is 1.82 bits per heavy atom. The molecule has 2 rings (SSSR count). The van der Waals surface area contributed by atoms with E-state index in [1.54, 1.807) is 26.4 Å². The number of carbonyl (C=O) groups excluding carboxylic acids is 2. The second-order valence-electron chi connectivity index (χ2n) is 6.80. The molecule has 1 aromatic carbocycles. The monoisotopic (exact) mass is 389 g/mol. The van der Waals surface area contributed by atoms with Gasteiger partial charge in [0.05, 0.1) is 21.3 Å². The number of ether oxygens (including phenoxy) is 3. The van der Waals surface area contributed by atoms with Crippen LogP contribution in [0.5, 0.6) is 11.5 Å². The van der Waals surface area contributed by atoms with Gasteiger partial charge in [-0.2, -0.15) is 0 Å². The quantitative estimate of drug-likeness (QED) is 0.663. The molecule has 0 radical (unpaired) electrons. The largest absolute Gasteiger partial charge is 0.497 e. The van der Waals surface area contributed by atoms with Gasteiger partial charge in [0.2, 0.25) is 0 Å². The molecule has 0 aliphatic carbocycles. The molecule has 2 aromatic rings. The molecule has 1 amide bonds. The minimum absolute atomic E-state index is 0.134. The highest BCUT2D eigenvalue weighted by Crippen LogP contribution is 2.27. The molecule has 0 fully saturated rings. The zero-order valence-electron chi connectivity index (χ0n) is 16.9. The van der Waals surface area contributed by atoms with E-state index in [1.807, 2.05) is 32.0 Å². The fraction of sp³-hybridized carbons (Fsp3) is 0.429. The van der Waals surface area contributed by atoms with E-state index in [4.69, 9.17) is 18.6 Å². The van der Waals surface area contributed by atoms with Crippen LogP contribution in [0.25, 0.3) is 0 Å². The summed E-state index contributed by atoms with van der Waals surface area (Å²) >= 11 is 0. The van der Waals surface area contributed by atoms with Crippen LogP contribution < -0.4 is 14.8 Å². The second kappa shape index (κ2) is 9.82. The molecule has 28 heavy (non-hydrogen) atoms. The maximum atomic E-state index is 12.5. The van der Waals surface area contributed by atoms with E-state index in [-0.39, 0.29) is 11.7 Å². The first-order valence-corrected chi connectivity index (χ1v) is 9.06. The van der Waals surface area contributed by atoms with E-state index in [1.165, 1.54) is 7.11 Å². The number of amides is 1. The molecule has 1 heterocycles. The minimum Gasteiger partial charge on any atom is -0.497 e. The molecule has 7 heteroatoms. The van der Waals surface area contributed by atoms with Crippen molar-refractivity contribution >= 4 is 11.9 Å². The fourth-order valence-electron chi connectivity index (χ4n) is 2.86. The van der Waals surface area contributed by atoms with Crippen molar-refractivity contribution in [2.45, 2.75) is 32.7 Å². The molecular weight excluding hydrogens is 362 g/mol. The summed E-state index contributed by atoms with van der Waals surface area (Å²) in [5, 5.41) is 2.68. The summed E-state index contributed by atoms with van der Waals surface area (Å²) < 4.78 is 21.1. The Morgan fingerprint density at radius 3 is 2.43 bits per heavy atom. The lowest BCUT2D eigenvalue weighted by atomic mass is 10.0. The van der Waals surface area contributed by atoms with Crippen LogP contribution in [-0.4, -0.2) is 39.2 Å². The Labute approximate surface area is 165 Å². The minimum atomic E-state index is -0.718. The van der Waals surface area contributed by atoms with Gasteiger partial charge < -0.3 is 23.9 Å². The Kier molecular flexibility index (Phi) is 7.49. The average Bonchev–Trinajstić information content (AvgIpc) is 3.15. The predicted molar refractivity (Wildman–Crippen MR) is 104 cm³/mol. The highest BCUT2D eigenvalue weighted by atomic mass is 16.5. The molecule has 0 aliphatic heterocycles. The van der Waals surface area contributed by atoms with E-state index in [2.05, 4.69) is 5.32 Å². The Bertz CT molecular complexity index is 811. The number of furan rings is 1. The molecule has 1 unspecified atom stereocenters. The van der Waals surface area contributed by atoms with Gasteiger partial charge in [0.25, 0.3) is 5.91 Å². The van der Waals surface area contributed by atoms with Gasteiger partial charge >= 0.3 is 5.97 Å². The van der Waals surface area contributed by atoms with E-state index in [9.17, 15) is 9.59 Å². The number of esters is 1. The normalized spacial score (nSPS) is 11.8. The van der Waals surface area contributed by atoms with E-state index in [0.717, 1.165) is 5.56 Å². The summed E-state index contributed by atoms with van der Waals surface area (Å²) in [5.41, 5.74) is 0.871. The number of nitrogens with one attached hydrogen (secondary N) is 1. The van der Waals surface area contributed by atoms with Crippen LogP contribution in [0.2, 0.25) is 0 Å². The van der Waals surface area contributed by atoms with Gasteiger partial charge in [0, 0.05) is 12.0 Å². The Balaban J connectivity index is 2.13. The van der Waals surface area contributed by atoms with Gasteiger partial charge in [-0.25, -0.2) is 4.79 Å². The van der Waals surface area contributed by atoms with Crippen LogP contribution in [0, 0.1) is 5.92 Å². The van der Waals surface area contributed by atoms with Gasteiger partial charge in [-0.3, -0.25) is 4.79 Å². The van der Waals surface area contributed by atoms with E-state index >= 15 is 0 Å². The smallest absolute Gasteiger partial charge is 0.328 e. The Hall–Kier alpha value is -2.96. The van der Waals surface area contributed by atoms with Crippen molar-refractivity contribution in [3.05, 3.63) is 47.4 Å². The third-order valence-corrected chi connectivity index (χ3v) is 4.24. The van der Waals surface area contributed by atoms with Crippen LogP contribution in [0.3, 0.4) is 0 Å². The lowest BCUT2D eigenvalue weighted by Crippen LogP contribution is -2.42. The SMILES string of the molecule is COC(=O)C(CC(C)C)NC(=O)c1ccc(Cc2cc(OC)ccc2OC)o1. The maximum absolute atomic E-state index is 12.5. The average molecular weight is 389 g/mol. The van der Waals surface area contributed by atoms with Crippen molar-refractivity contribution in [1.29, 1.82) is 0 Å². The van der Waals surface area contributed by atoms with Crippen molar-refractivity contribution in [3.8, 4) is 11.5 Å². The highest BCUT2D eigenvalue weighted by Gasteiger charge is 2.24. The van der Waals surface area contributed by atoms with Crippen molar-refractivity contribution in [1.82, 2.24) is 5.32 Å². The molecule has 0 spiro atoms. The lowest BCUT2D eigenvalue weighted by Gasteiger charge is -2.17. The van der Waals surface area contributed by atoms with Gasteiger partial charge in [-0.05, 0) is 42.7 Å². The van der Waals surface area contributed by atoms with Crippen LogP contribution in [0.4, 0.5) is 0 Å². The zero-order chi connectivity index (χ0) is 20.7. The van der Waals surface area contributed by atoms with Gasteiger partial charge in [-0.15, -0.1) is 0 Å². The topological polar surface area (TPSA) is 87.0 Å². The summed E-state index contributed by atoms with van der Waals surface area (Å²) in [4.78, 5) is 24.4. The van der Waals surface area contributed by atoms with E-state index in [0.29, 0.717) is 30.1 Å². The summed E-state index contributed by atoms with van der Waals surface area (Å²) in [6.45, 7) is 3.93. The first-order valence-electron chi connectivity index (χ1n) is 9.06. The van der Waals surface area contributed by atoms with Crippen LogP contribution >= 0.6 is 0 Å². The summed E-state index contributed by atoms with van der Waals surface area (Å²) in [5.74, 6) is 1.41. The van der Waals surface area contributed by atoms with Gasteiger partial charge in [0.15, 0.2) is 5.76 Å². The van der Waals surface area contributed by atoms with E-state index < -0.39 is 17.9 Å². The molecule has 1 aromatic heterocycles. The van der Waals surface area contributed by atoms with Gasteiger partial charge in [0.1, 0.15) is 23.3 Å². The molecule has 1 N–H and O–H groups in total. The third-order valence-electron chi connectivity index (χ3n) is 4.24. The first-order chi connectivity index (χ1) is 13.4. The molecule has 0 saturated heterocycles. The second-order valence-corrected chi connectivity index (χ2v) is 6.80. The third kappa shape index (κ3) is 5.52. The molecule has 0 bridgehead atoms. The number of rotatable bonds is 9. The zero-order valence-corrected chi connectivity index (χ0v) is 16.9. The summed E-state index contributed by atoms with van der Waals surface area (Å²) in [7, 11) is 4.48. The summed E-state index contributed by atoms with van der Waals surface area (Å²) in [6.07, 6.45) is 0.910. The number of hydrogen-bond donors (Lipinski definition) is 1. The fourth-order valence-corrected chi connectivity index (χ4v) is 2.86. The molecule has 0 aliphatic rings.